The number of thiazole rings is 1. The van der Waals surface area contributed by atoms with E-state index >= 15 is 0 Å². The van der Waals surface area contributed by atoms with E-state index in [9.17, 15) is 14.4 Å². The highest BCUT2D eigenvalue weighted by Crippen LogP contribution is 2.29. The van der Waals surface area contributed by atoms with Crippen LogP contribution >= 0.6 is 23.1 Å². The summed E-state index contributed by atoms with van der Waals surface area (Å²) in [5.41, 5.74) is 0. The van der Waals surface area contributed by atoms with Crippen LogP contribution in [0.25, 0.3) is 4.83 Å². The molecule has 2 aromatic heterocycles. The third-order valence-electron chi connectivity index (χ3n) is 4.12. The molecule has 0 spiro atoms. The monoisotopic (exact) mass is 408 g/mol. The molecular formula is C17H20N4O4S2. The lowest BCUT2D eigenvalue weighted by Gasteiger charge is -2.22. The Kier molecular flexibility index (Phi) is 6.17. The molecule has 0 saturated carbocycles. The van der Waals surface area contributed by atoms with Gasteiger partial charge in [-0.3, -0.25) is 18.9 Å². The molecule has 0 aromatic carbocycles. The van der Waals surface area contributed by atoms with Crippen molar-refractivity contribution < 1.29 is 19.1 Å². The summed E-state index contributed by atoms with van der Waals surface area (Å²) >= 11 is 2.70. The van der Waals surface area contributed by atoms with Crippen molar-refractivity contribution in [1.29, 1.82) is 0 Å². The molecule has 1 aliphatic rings. The molecule has 2 aromatic rings. The highest BCUT2D eigenvalue weighted by molar-refractivity contribution is 8.14. The molecule has 0 bridgehead atoms. The fourth-order valence-electron chi connectivity index (χ4n) is 2.98. The Balaban J connectivity index is 1.66. The van der Waals surface area contributed by atoms with Gasteiger partial charge in [0.1, 0.15) is 23.3 Å². The van der Waals surface area contributed by atoms with Crippen LogP contribution in [0.4, 0.5) is 4.79 Å². The highest BCUT2D eigenvalue weighted by Gasteiger charge is 2.41. The summed E-state index contributed by atoms with van der Waals surface area (Å²) in [6, 6.07) is -0.683. The molecule has 2 atom stereocenters. The first-order valence-corrected chi connectivity index (χ1v) is 10.1. The Bertz CT molecular complexity index is 862. The van der Waals surface area contributed by atoms with E-state index in [0.717, 1.165) is 16.6 Å². The van der Waals surface area contributed by atoms with Crippen LogP contribution in [0.1, 0.15) is 19.2 Å². The van der Waals surface area contributed by atoms with Crippen molar-refractivity contribution in [3.8, 4) is 0 Å². The van der Waals surface area contributed by atoms with E-state index in [4.69, 9.17) is 4.74 Å². The predicted molar refractivity (Wildman–Crippen MR) is 104 cm³/mol. The molecule has 27 heavy (non-hydrogen) atoms. The van der Waals surface area contributed by atoms with Gasteiger partial charge in [-0.2, -0.15) is 0 Å². The number of nitrogens with one attached hydrogen (secondary N) is 1. The van der Waals surface area contributed by atoms with Crippen molar-refractivity contribution in [2.24, 2.45) is 0 Å². The summed E-state index contributed by atoms with van der Waals surface area (Å²) in [4.78, 5) is 43.1. The van der Waals surface area contributed by atoms with Crippen molar-refractivity contribution in [2.75, 3.05) is 13.2 Å². The number of aromatic nitrogens is 2. The van der Waals surface area contributed by atoms with Crippen molar-refractivity contribution in [2.45, 2.75) is 31.2 Å². The summed E-state index contributed by atoms with van der Waals surface area (Å²) in [5.74, 6) is 0.428. The molecule has 0 radical (unpaired) electrons. The average Bonchev–Trinajstić information content (AvgIpc) is 3.33. The zero-order valence-electron chi connectivity index (χ0n) is 14.8. The second-order valence-electron chi connectivity index (χ2n) is 6.00. The Hall–Kier alpha value is -2.33. The van der Waals surface area contributed by atoms with Gasteiger partial charge in [-0.25, -0.2) is 9.78 Å². The minimum Gasteiger partial charge on any atom is -0.445 e. The largest absolute Gasteiger partial charge is 0.445 e. The molecule has 1 aliphatic heterocycles. The van der Waals surface area contributed by atoms with E-state index in [2.05, 4.69) is 16.9 Å². The first-order chi connectivity index (χ1) is 13.0. The zero-order chi connectivity index (χ0) is 19.4. The average molecular weight is 409 g/mol. The Labute approximate surface area is 164 Å². The van der Waals surface area contributed by atoms with Crippen LogP contribution in [0.2, 0.25) is 0 Å². The number of rotatable bonds is 6. The van der Waals surface area contributed by atoms with Crippen LogP contribution in [-0.4, -0.2) is 55.8 Å². The summed E-state index contributed by atoms with van der Waals surface area (Å²) in [6.07, 6.45) is 4.93. The molecular weight excluding hydrogens is 388 g/mol. The third kappa shape index (κ3) is 4.51. The number of likely N-dealkylation sites (tertiary alicyclic amines) is 1. The number of carbonyl (C=O) groups is 3. The minimum atomic E-state index is -0.683. The predicted octanol–water partition coefficient (Wildman–Crippen LogP) is 2.06. The molecule has 144 valence electrons. The van der Waals surface area contributed by atoms with Gasteiger partial charge in [0.05, 0.1) is 12.7 Å². The van der Waals surface area contributed by atoms with Crippen molar-refractivity contribution >= 4 is 45.0 Å². The number of thioether (sulfide) groups is 1. The number of hydrogen-bond donors (Lipinski definition) is 1. The molecule has 3 rings (SSSR count). The molecule has 1 fully saturated rings. The van der Waals surface area contributed by atoms with Crippen LogP contribution in [0.5, 0.6) is 0 Å². The van der Waals surface area contributed by atoms with E-state index in [1.54, 1.807) is 17.5 Å². The van der Waals surface area contributed by atoms with Gasteiger partial charge in [0.15, 0.2) is 5.12 Å². The van der Waals surface area contributed by atoms with Crippen LogP contribution in [-0.2, 0) is 20.9 Å². The van der Waals surface area contributed by atoms with Crippen molar-refractivity contribution in [3.05, 3.63) is 36.3 Å². The van der Waals surface area contributed by atoms with Gasteiger partial charge < -0.3 is 10.1 Å². The number of carbonyl (C=O) groups excluding carboxylic acids is 3. The fourth-order valence-corrected chi connectivity index (χ4v) is 4.68. The van der Waals surface area contributed by atoms with Crippen molar-refractivity contribution in [3.63, 3.8) is 0 Å². The SMILES string of the molecule is C=CCOC(=O)N1C[C@@H](SC(C)=O)C[C@H]1C(=O)NCc1ncc2sccn12. The maximum Gasteiger partial charge on any atom is 0.410 e. The van der Waals surface area contributed by atoms with E-state index in [-0.39, 0.29) is 36.0 Å². The van der Waals surface area contributed by atoms with Gasteiger partial charge in [-0.05, 0) is 6.42 Å². The molecule has 1 saturated heterocycles. The Morgan fingerprint density at radius 2 is 2.33 bits per heavy atom. The zero-order valence-corrected chi connectivity index (χ0v) is 16.4. The van der Waals surface area contributed by atoms with Crippen LogP contribution in [0.15, 0.2) is 30.4 Å². The molecule has 1 N–H and O–H groups in total. The summed E-state index contributed by atoms with van der Waals surface area (Å²) in [6.45, 7) is 5.60. The summed E-state index contributed by atoms with van der Waals surface area (Å²) in [7, 11) is 0. The number of amides is 2. The lowest BCUT2D eigenvalue weighted by atomic mass is 10.2. The van der Waals surface area contributed by atoms with E-state index in [0.29, 0.717) is 12.2 Å². The Morgan fingerprint density at radius 3 is 3.07 bits per heavy atom. The molecule has 0 unspecified atom stereocenters. The second-order valence-corrected chi connectivity index (χ2v) is 8.41. The molecule has 3 heterocycles. The maximum absolute atomic E-state index is 12.7. The molecule has 8 nitrogen and oxygen atoms in total. The van der Waals surface area contributed by atoms with E-state index in [1.807, 2.05) is 16.0 Å². The summed E-state index contributed by atoms with van der Waals surface area (Å²) < 4.78 is 6.99. The first-order valence-electron chi connectivity index (χ1n) is 8.38. The van der Waals surface area contributed by atoms with Gasteiger partial charge in [-0.15, -0.1) is 11.3 Å². The lowest BCUT2D eigenvalue weighted by Crippen LogP contribution is -2.46. The highest BCUT2D eigenvalue weighted by atomic mass is 32.2. The third-order valence-corrected chi connectivity index (χ3v) is 5.92. The fraction of sp³-hybridized carbons (Fsp3) is 0.412. The number of ether oxygens (including phenoxy) is 1. The lowest BCUT2D eigenvalue weighted by molar-refractivity contribution is -0.125. The van der Waals surface area contributed by atoms with E-state index < -0.39 is 12.1 Å². The van der Waals surface area contributed by atoms with Gasteiger partial charge >= 0.3 is 6.09 Å². The maximum atomic E-state index is 12.7. The normalized spacial score (nSPS) is 19.2. The first kappa shape index (κ1) is 19.4. The number of hydrogen-bond acceptors (Lipinski definition) is 7. The topological polar surface area (TPSA) is 93.0 Å². The van der Waals surface area contributed by atoms with Gasteiger partial charge in [0.2, 0.25) is 5.91 Å². The van der Waals surface area contributed by atoms with Crippen LogP contribution in [0, 0.1) is 0 Å². The quantitative estimate of drug-likeness (QED) is 0.736. The standard InChI is InChI=1S/C17H20N4O4S2/c1-3-5-25-17(24)21-10-12(27-11(2)22)7-13(21)16(23)19-8-14-18-9-15-20(14)4-6-26-15/h3-4,6,9,12-13H,1,5,7-8,10H2,2H3,(H,19,23)/t12-,13-/m0/s1. The summed E-state index contributed by atoms with van der Waals surface area (Å²) in [5, 5.41) is 4.61. The van der Waals surface area contributed by atoms with Gasteiger partial charge in [-0.1, -0.05) is 24.4 Å². The molecule has 10 heteroatoms. The second kappa shape index (κ2) is 8.57. The van der Waals surface area contributed by atoms with Crippen molar-refractivity contribution in [1.82, 2.24) is 19.6 Å². The van der Waals surface area contributed by atoms with Gasteiger partial charge in [0, 0.05) is 30.3 Å². The molecule has 0 aliphatic carbocycles. The smallest absolute Gasteiger partial charge is 0.410 e. The molecule has 2 amide bonds. The van der Waals surface area contributed by atoms with E-state index in [1.165, 1.54) is 17.9 Å². The number of fused-ring (bicyclic) bond motifs is 1. The van der Waals surface area contributed by atoms with Gasteiger partial charge in [0.25, 0.3) is 0 Å². The van der Waals surface area contributed by atoms with Crippen LogP contribution < -0.4 is 5.32 Å². The number of imidazole rings is 1. The minimum absolute atomic E-state index is 0.0438. The Morgan fingerprint density at radius 1 is 1.52 bits per heavy atom. The number of nitrogens with zero attached hydrogens (tertiary/aromatic N) is 3. The van der Waals surface area contributed by atoms with Crippen LogP contribution in [0.3, 0.4) is 0 Å².